The Morgan fingerprint density at radius 3 is 2.73 bits per heavy atom. The maximum absolute atomic E-state index is 5.69. The molecule has 0 saturated heterocycles. The summed E-state index contributed by atoms with van der Waals surface area (Å²) in [5, 5.41) is 5.06. The third-order valence-corrected chi connectivity index (χ3v) is 2.71. The summed E-state index contributed by atoms with van der Waals surface area (Å²) in [6.45, 7) is 0. The Morgan fingerprint density at radius 1 is 1.07 bits per heavy atom. The average Bonchev–Trinajstić information content (AvgIpc) is 2.82. The van der Waals surface area contributed by atoms with Crippen molar-refractivity contribution in [2.45, 2.75) is 0 Å². The zero-order chi connectivity index (χ0) is 10.1. The van der Waals surface area contributed by atoms with Gasteiger partial charge in [-0.2, -0.15) is 0 Å². The monoisotopic (exact) mass is 215 g/mol. The Morgan fingerprint density at radius 2 is 1.93 bits per heavy atom. The molecule has 0 saturated carbocycles. The molecule has 0 spiro atoms. The molecule has 0 atom stereocenters. The Kier molecular flexibility index (Phi) is 1.96. The van der Waals surface area contributed by atoms with Crippen LogP contribution in [-0.4, -0.2) is 0 Å². The molecule has 15 heavy (non-hydrogen) atoms. The maximum atomic E-state index is 5.69. The molecule has 0 unspecified atom stereocenters. The highest BCUT2D eigenvalue weighted by Crippen LogP contribution is 2.34. The largest absolute Gasteiger partial charge is 0.457 e. The highest BCUT2D eigenvalue weighted by Gasteiger charge is 2.14. The van der Waals surface area contributed by atoms with Gasteiger partial charge >= 0.3 is 0 Å². The molecule has 1 aliphatic heterocycles. The van der Waals surface area contributed by atoms with Crippen LogP contribution in [0.4, 0.5) is 0 Å². The van der Waals surface area contributed by atoms with Crippen LogP contribution in [0.5, 0.6) is 11.5 Å². The fraction of sp³-hybridized carbons (Fsp3) is 0. The Balaban J connectivity index is 1.96. The molecular formula is C12H7O2S. The van der Waals surface area contributed by atoms with E-state index in [0.29, 0.717) is 5.76 Å². The van der Waals surface area contributed by atoms with Crippen LogP contribution in [0.25, 0.3) is 5.76 Å². The second kappa shape index (κ2) is 3.44. The van der Waals surface area contributed by atoms with Gasteiger partial charge in [0.1, 0.15) is 6.26 Å². The average molecular weight is 215 g/mol. The van der Waals surface area contributed by atoms with E-state index in [-0.39, 0.29) is 0 Å². The van der Waals surface area contributed by atoms with Gasteiger partial charge in [0.05, 0.1) is 5.38 Å². The smallest absolute Gasteiger partial charge is 0.171 e. The van der Waals surface area contributed by atoms with Gasteiger partial charge in [0.15, 0.2) is 17.3 Å². The van der Waals surface area contributed by atoms with E-state index in [1.54, 1.807) is 6.26 Å². The quantitative estimate of drug-likeness (QED) is 0.726. The minimum Gasteiger partial charge on any atom is -0.457 e. The third kappa shape index (κ3) is 1.51. The summed E-state index contributed by atoms with van der Waals surface area (Å²) >= 11 is 1.51. The van der Waals surface area contributed by atoms with Crippen LogP contribution in [0, 0.1) is 5.38 Å². The maximum Gasteiger partial charge on any atom is 0.171 e. The minimum atomic E-state index is 0.704. The molecule has 1 radical (unpaired) electrons. The van der Waals surface area contributed by atoms with Gasteiger partial charge in [0.25, 0.3) is 0 Å². The van der Waals surface area contributed by atoms with Crippen LogP contribution in [0.1, 0.15) is 5.56 Å². The fourth-order valence-electron chi connectivity index (χ4n) is 1.38. The SMILES string of the molecule is [c]1sccc1C1=COc2ccccc2O1. The van der Waals surface area contributed by atoms with E-state index in [0.717, 1.165) is 17.1 Å². The van der Waals surface area contributed by atoms with Crippen LogP contribution in [0.2, 0.25) is 0 Å². The molecule has 73 valence electrons. The first-order valence-corrected chi connectivity index (χ1v) is 5.41. The second-order valence-electron chi connectivity index (χ2n) is 3.09. The van der Waals surface area contributed by atoms with Gasteiger partial charge in [-0.25, -0.2) is 0 Å². The lowest BCUT2D eigenvalue weighted by Gasteiger charge is -2.16. The van der Waals surface area contributed by atoms with Crippen molar-refractivity contribution in [1.82, 2.24) is 0 Å². The van der Waals surface area contributed by atoms with E-state index in [4.69, 9.17) is 9.47 Å². The van der Waals surface area contributed by atoms with E-state index >= 15 is 0 Å². The summed E-state index contributed by atoms with van der Waals surface area (Å²) in [4.78, 5) is 0. The van der Waals surface area contributed by atoms with E-state index < -0.39 is 0 Å². The van der Waals surface area contributed by atoms with Gasteiger partial charge in [-0.3, -0.25) is 0 Å². The van der Waals surface area contributed by atoms with Crippen LogP contribution in [-0.2, 0) is 0 Å². The lowest BCUT2D eigenvalue weighted by Crippen LogP contribution is -2.03. The Labute approximate surface area is 91.4 Å². The zero-order valence-electron chi connectivity index (χ0n) is 7.77. The summed E-state index contributed by atoms with van der Waals surface area (Å²) in [6.07, 6.45) is 1.61. The van der Waals surface area contributed by atoms with E-state index in [9.17, 15) is 0 Å². The number of ether oxygens (including phenoxy) is 2. The number of benzene rings is 1. The van der Waals surface area contributed by atoms with Crippen LogP contribution in [0.3, 0.4) is 0 Å². The summed E-state index contributed by atoms with van der Waals surface area (Å²) in [5.74, 6) is 2.20. The van der Waals surface area contributed by atoms with Gasteiger partial charge < -0.3 is 9.47 Å². The second-order valence-corrected chi connectivity index (χ2v) is 3.80. The lowest BCUT2D eigenvalue weighted by atomic mass is 10.2. The number of hydrogen-bond acceptors (Lipinski definition) is 3. The molecule has 0 bridgehead atoms. The standard InChI is InChI=1S/C12H7O2S/c1-2-4-11-10(3-1)13-7-12(14-11)9-5-6-15-8-9/h1-7H. The first kappa shape index (κ1) is 8.56. The lowest BCUT2D eigenvalue weighted by molar-refractivity contribution is 0.383. The predicted octanol–water partition coefficient (Wildman–Crippen LogP) is 3.32. The number of hydrogen-bond donors (Lipinski definition) is 0. The van der Waals surface area contributed by atoms with E-state index in [2.05, 4.69) is 5.38 Å². The van der Waals surface area contributed by atoms with Gasteiger partial charge in [-0.05, 0) is 23.6 Å². The van der Waals surface area contributed by atoms with Crippen molar-refractivity contribution >= 4 is 17.1 Å². The summed E-state index contributed by atoms with van der Waals surface area (Å²) < 4.78 is 11.1. The van der Waals surface area contributed by atoms with Crippen molar-refractivity contribution in [2.75, 3.05) is 0 Å². The number of fused-ring (bicyclic) bond motifs is 1. The molecule has 1 aliphatic rings. The predicted molar refractivity (Wildman–Crippen MR) is 58.8 cm³/mol. The molecule has 1 aromatic carbocycles. The molecule has 3 rings (SSSR count). The van der Waals surface area contributed by atoms with Crippen molar-refractivity contribution in [2.24, 2.45) is 0 Å². The summed E-state index contributed by atoms with van der Waals surface area (Å²) in [6, 6.07) is 9.54. The molecular weight excluding hydrogens is 208 g/mol. The molecule has 0 amide bonds. The van der Waals surface area contributed by atoms with Crippen LogP contribution >= 0.6 is 11.3 Å². The van der Waals surface area contributed by atoms with Crippen molar-refractivity contribution in [1.29, 1.82) is 0 Å². The van der Waals surface area contributed by atoms with Crippen molar-refractivity contribution in [3.05, 3.63) is 52.9 Å². The number of thiophene rings is 1. The molecule has 2 nitrogen and oxygen atoms in total. The first-order valence-electron chi connectivity index (χ1n) is 4.53. The molecule has 3 heteroatoms. The van der Waals surface area contributed by atoms with E-state index in [1.807, 2.05) is 35.7 Å². The third-order valence-electron chi connectivity index (χ3n) is 2.10. The molecule has 0 aliphatic carbocycles. The normalized spacial score (nSPS) is 13.5. The van der Waals surface area contributed by atoms with Crippen LogP contribution < -0.4 is 9.47 Å². The van der Waals surface area contributed by atoms with Gasteiger partial charge in [-0.1, -0.05) is 12.1 Å². The van der Waals surface area contributed by atoms with Gasteiger partial charge in [0.2, 0.25) is 0 Å². The summed E-state index contributed by atoms with van der Waals surface area (Å²) in [5.41, 5.74) is 0.925. The van der Waals surface area contributed by atoms with Crippen molar-refractivity contribution < 1.29 is 9.47 Å². The highest BCUT2D eigenvalue weighted by atomic mass is 32.1. The molecule has 2 aromatic rings. The minimum absolute atomic E-state index is 0.704. The Bertz CT molecular complexity index is 500. The van der Waals surface area contributed by atoms with Crippen molar-refractivity contribution in [3.63, 3.8) is 0 Å². The number of para-hydroxylation sites is 2. The van der Waals surface area contributed by atoms with Crippen molar-refractivity contribution in [3.8, 4) is 11.5 Å². The fourth-order valence-corrected chi connectivity index (χ4v) is 1.94. The molecule has 2 heterocycles. The highest BCUT2D eigenvalue weighted by molar-refractivity contribution is 7.07. The summed E-state index contributed by atoms with van der Waals surface area (Å²) in [7, 11) is 0. The zero-order valence-corrected chi connectivity index (χ0v) is 8.58. The van der Waals surface area contributed by atoms with Gasteiger partial charge in [0, 0.05) is 5.56 Å². The molecule has 1 aromatic heterocycles. The number of rotatable bonds is 1. The molecule has 0 fully saturated rings. The van der Waals surface area contributed by atoms with E-state index in [1.165, 1.54) is 11.3 Å². The first-order chi connectivity index (χ1) is 7.43. The molecule has 0 N–H and O–H groups in total. The van der Waals surface area contributed by atoms with Crippen LogP contribution in [0.15, 0.2) is 42.0 Å². The topological polar surface area (TPSA) is 18.5 Å². The Hall–Kier alpha value is -1.74. The van der Waals surface area contributed by atoms with Gasteiger partial charge in [-0.15, -0.1) is 11.3 Å².